The van der Waals surface area contributed by atoms with Crippen molar-refractivity contribution in [3.63, 3.8) is 0 Å². The minimum absolute atomic E-state index is 0.0123. The number of nitrogens with one attached hydrogen (secondary N) is 1. The van der Waals surface area contributed by atoms with E-state index in [4.69, 9.17) is 5.73 Å². The lowest BCUT2D eigenvalue weighted by Gasteiger charge is -2.14. The fourth-order valence-corrected chi connectivity index (χ4v) is 3.65. The lowest BCUT2D eigenvalue weighted by atomic mass is 10.2. The van der Waals surface area contributed by atoms with E-state index in [0.717, 1.165) is 25.1 Å². The van der Waals surface area contributed by atoms with Gasteiger partial charge in [-0.05, 0) is 50.7 Å². The molecule has 1 fully saturated rings. The first-order valence-electron chi connectivity index (χ1n) is 5.95. The summed E-state index contributed by atoms with van der Waals surface area (Å²) >= 11 is 0. The number of hydrogen-bond acceptors (Lipinski definition) is 4. The van der Waals surface area contributed by atoms with Crippen molar-refractivity contribution in [2.24, 2.45) is 0 Å². The van der Waals surface area contributed by atoms with Gasteiger partial charge in [-0.15, -0.1) is 0 Å². The molecule has 0 amide bonds. The highest BCUT2D eigenvalue weighted by molar-refractivity contribution is 7.89. The minimum atomic E-state index is -3.47. The topological polar surface area (TPSA) is 75.4 Å². The molecule has 0 aliphatic carbocycles. The van der Waals surface area contributed by atoms with Crippen LogP contribution < -0.4 is 10.5 Å². The van der Waals surface area contributed by atoms with Gasteiger partial charge in [0.05, 0.1) is 4.90 Å². The molecule has 6 heteroatoms. The highest BCUT2D eigenvalue weighted by Crippen LogP contribution is 2.18. The van der Waals surface area contributed by atoms with Crippen molar-refractivity contribution < 1.29 is 8.42 Å². The molecule has 1 aliphatic rings. The van der Waals surface area contributed by atoms with Gasteiger partial charge in [0.15, 0.2) is 0 Å². The van der Waals surface area contributed by atoms with Crippen LogP contribution in [-0.4, -0.2) is 39.5 Å². The molecule has 0 spiro atoms. The molecular weight excluding hydrogens is 250 g/mol. The minimum Gasteiger partial charge on any atom is -0.399 e. The Morgan fingerprint density at radius 3 is 2.67 bits per heavy atom. The number of rotatable bonds is 3. The van der Waals surface area contributed by atoms with Gasteiger partial charge in [-0.2, -0.15) is 0 Å². The summed E-state index contributed by atoms with van der Waals surface area (Å²) in [7, 11) is -1.48. The summed E-state index contributed by atoms with van der Waals surface area (Å²) in [5, 5.41) is 0. The SMILES string of the molecule is Cc1cc(N)cc(S(=O)(=O)NC2CCN(C)C2)c1. The van der Waals surface area contributed by atoms with Gasteiger partial charge in [-0.1, -0.05) is 0 Å². The molecular formula is C12H19N3O2S. The van der Waals surface area contributed by atoms with Gasteiger partial charge in [-0.25, -0.2) is 13.1 Å². The molecule has 5 nitrogen and oxygen atoms in total. The van der Waals surface area contributed by atoms with Crippen LogP contribution in [-0.2, 0) is 10.0 Å². The Labute approximate surface area is 108 Å². The first-order valence-corrected chi connectivity index (χ1v) is 7.43. The van der Waals surface area contributed by atoms with E-state index in [0.29, 0.717) is 5.69 Å². The number of nitrogens with two attached hydrogens (primary N) is 1. The van der Waals surface area contributed by atoms with Crippen molar-refractivity contribution in [2.75, 3.05) is 25.9 Å². The molecule has 1 unspecified atom stereocenters. The van der Waals surface area contributed by atoms with Gasteiger partial charge in [0.1, 0.15) is 0 Å². The zero-order valence-corrected chi connectivity index (χ0v) is 11.5. The maximum absolute atomic E-state index is 12.2. The monoisotopic (exact) mass is 269 g/mol. The average molecular weight is 269 g/mol. The molecule has 0 radical (unpaired) electrons. The highest BCUT2D eigenvalue weighted by atomic mass is 32.2. The van der Waals surface area contributed by atoms with Crippen LogP contribution >= 0.6 is 0 Å². The van der Waals surface area contributed by atoms with E-state index < -0.39 is 10.0 Å². The van der Waals surface area contributed by atoms with Gasteiger partial charge in [-0.3, -0.25) is 0 Å². The van der Waals surface area contributed by atoms with Crippen molar-refractivity contribution in [2.45, 2.75) is 24.3 Å². The first-order chi connectivity index (χ1) is 8.37. The van der Waals surface area contributed by atoms with Crippen LogP contribution in [0.3, 0.4) is 0 Å². The summed E-state index contributed by atoms with van der Waals surface area (Å²) in [5.74, 6) is 0. The summed E-state index contributed by atoms with van der Waals surface area (Å²) in [6.45, 7) is 3.50. The molecule has 0 bridgehead atoms. The van der Waals surface area contributed by atoms with Crippen LogP contribution in [0.2, 0.25) is 0 Å². The second-order valence-electron chi connectivity index (χ2n) is 4.95. The standard InChI is InChI=1S/C12H19N3O2S/c1-9-5-10(13)7-12(6-9)18(16,17)14-11-3-4-15(2)8-11/h5-7,11,14H,3-4,8,13H2,1-2H3. The second kappa shape index (κ2) is 4.87. The van der Waals surface area contributed by atoms with Gasteiger partial charge in [0.2, 0.25) is 10.0 Å². The average Bonchev–Trinajstić information content (AvgIpc) is 2.61. The lowest BCUT2D eigenvalue weighted by molar-refractivity contribution is 0.407. The maximum Gasteiger partial charge on any atom is 0.240 e. The Balaban J connectivity index is 2.20. The zero-order valence-electron chi connectivity index (χ0n) is 10.7. The predicted molar refractivity (Wildman–Crippen MR) is 71.8 cm³/mol. The lowest BCUT2D eigenvalue weighted by Crippen LogP contribution is -2.36. The summed E-state index contributed by atoms with van der Waals surface area (Å²) in [5.41, 5.74) is 7.00. The third kappa shape index (κ3) is 3.01. The number of nitrogen functional groups attached to an aromatic ring is 1. The van der Waals surface area contributed by atoms with E-state index in [-0.39, 0.29) is 10.9 Å². The Bertz CT molecular complexity index is 522. The normalized spacial score (nSPS) is 21.3. The van der Waals surface area contributed by atoms with Crippen molar-refractivity contribution in [1.82, 2.24) is 9.62 Å². The van der Waals surface area contributed by atoms with Gasteiger partial charge < -0.3 is 10.6 Å². The van der Waals surface area contributed by atoms with E-state index >= 15 is 0 Å². The third-order valence-corrected chi connectivity index (χ3v) is 4.60. The van der Waals surface area contributed by atoms with E-state index in [1.54, 1.807) is 12.1 Å². The van der Waals surface area contributed by atoms with Crippen molar-refractivity contribution in [1.29, 1.82) is 0 Å². The Morgan fingerprint density at radius 1 is 1.39 bits per heavy atom. The number of likely N-dealkylation sites (N-methyl/N-ethyl adjacent to an activating group) is 1. The Kier molecular flexibility index (Phi) is 3.61. The summed E-state index contributed by atoms with van der Waals surface area (Å²) in [6.07, 6.45) is 0.844. The van der Waals surface area contributed by atoms with Crippen LogP contribution in [0, 0.1) is 6.92 Å². The number of anilines is 1. The number of nitrogens with zero attached hydrogens (tertiary/aromatic N) is 1. The summed E-state index contributed by atoms with van der Waals surface area (Å²) < 4.78 is 27.2. The number of hydrogen-bond donors (Lipinski definition) is 2. The first kappa shape index (κ1) is 13.3. The Morgan fingerprint density at radius 2 is 2.11 bits per heavy atom. The molecule has 0 saturated carbocycles. The van der Waals surface area contributed by atoms with E-state index in [1.165, 1.54) is 6.07 Å². The van der Waals surface area contributed by atoms with E-state index in [1.807, 2.05) is 14.0 Å². The smallest absolute Gasteiger partial charge is 0.240 e. The number of likely N-dealkylation sites (tertiary alicyclic amines) is 1. The number of sulfonamides is 1. The third-order valence-electron chi connectivity index (χ3n) is 3.10. The highest BCUT2D eigenvalue weighted by Gasteiger charge is 2.25. The molecule has 3 N–H and O–H groups in total. The number of aryl methyl sites for hydroxylation is 1. The van der Waals surface area contributed by atoms with Crippen LogP contribution in [0.25, 0.3) is 0 Å². The molecule has 1 aliphatic heterocycles. The van der Waals surface area contributed by atoms with Gasteiger partial charge >= 0.3 is 0 Å². The van der Waals surface area contributed by atoms with Crippen molar-refractivity contribution >= 4 is 15.7 Å². The largest absolute Gasteiger partial charge is 0.399 e. The molecule has 1 aromatic rings. The molecule has 0 aromatic heterocycles. The van der Waals surface area contributed by atoms with Gasteiger partial charge in [0, 0.05) is 18.3 Å². The van der Waals surface area contributed by atoms with Gasteiger partial charge in [0.25, 0.3) is 0 Å². The summed E-state index contributed by atoms with van der Waals surface area (Å²) in [6, 6.07) is 4.87. The van der Waals surface area contributed by atoms with Crippen molar-refractivity contribution in [3.8, 4) is 0 Å². The molecule has 1 heterocycles. The molecule has 100 valence electrons. The second-order valence-corrected chi connectivity index (χ2v) is 6.66. The fourth-order valence-electron chi connectivity index (χ4n) is 2.25. The predicted octanol–water partition coefficient (Wildman–Crippen LogP) is 0.560. The Hall–Kier alpha value is -1.11. The molecule has 1 atom stereocenters. The zero-order chi connectivity index (χ0) is 13.3. The molecule has 18 heavy (non-hydrogen) atoms. The molecule has 1 saturated heterocycles. The van der Waals surface area contributed by atoms with Crippen LogP contribution in [0.15, 0.2) is 23.1 Å². The molecule has 2 rings (SSSR count). The number of benzene rings is 1. The van der Waals surface area contributed by atoms with Crippen molar-refractivity contribution in [3.05, 3.63) is 23.8 Å². The maximum atomic E-state index is 12.2. The van der Waals surface area contributed by atoms with Crippen LogP contribution in [0.4, 0.5) is 5.69 Å². The summed E-state index contributed by atoms with van der Waals surface area (Å²) in [4.78, 5) is 2.35. The quantitative estimate of drug-likeness (QED) is 0.786. The molecule has 1 aromatic carbocycles. The fraction of sp³-hybridized carbons (Fsp3) is 0.500. The van der Waals surface area contributed by atoms with E-state index in [9.17, 15) is 8.42 Å². The van der Waals surface area contributed by atoms with E-state index in [2.05, 4.69) is 9.62 Å². The van der Waals surface area contributed by atoms with Crippen LogP contribution in [0.1, 0.15) is 12.0 Å². The van der Waals surface area contributed by atoms with Crippen LogP contribution in [0.5, 0.6) is 0 Å².